The molecular weight excluding hydrogens is 256 g/mol. The summed E-state index contributed by atoms with van der Waals surface area (Å²) in [6.07, 6.45) is 6.59. The first-order valence-corrected chi connectivity index (χ1v) is 6.96. The zero-order chi connectivity index (χ0) is 10.1. The van der Waals surface area contributed by atoms with Crippen LogP contribution in [-0.4, -0.2) is 23.3 Å². The van der Waals surface area contributed by atoms with Gasteiger partial charge in [-0.05, 0) is 38.0 Å². The quantitative estimate of drug-likeness (QED) is 0.632. The van der Waals surface area contributed by atoms with Crippen LogP contribution in [0.4, 0.5) is 0 Å². The first-order chi connectivity index (χ1) is 7.20. The molecule has 1 aliphatic heterocycles. The van der Waals surface area contributed by atoms with Crippen LogP contribution in [-0.2, 0) is 9.47 Å². The summed E-state index contributed by atoms with van der Waals surface area (Å²) >= 11 is 3.98. The Balaban J connectivity index is 1.75. The average Bonchev–Trinajstić information content (AvgIpc) is 2.61. The minimum absolute atomic E-state index is 0.159. The van der Waals surface area contributed by atoms with Crippen molar-refractivity contribution >= 4 is 15.9 Å². The molecule has 1 heterocycles. The molecule has 5 aliphatic rings. The van der Waals surface area contributed by atoms with E-state index in [9.17, 15) is 0 Å². The molecule has 1 saturated heterocycles. The highest BCUT2D eigenvalue weighted by Crippen LogP contribution is 2.64. The van der Waals surface area contributed by atoms with Crippen molar-refractivity contribution in [1.82, 2.24) is 0 Å². The van der Waals surface area contributed by atoms with Crippen LogP contribution in [0.5, 0.6) is 0 Å². The molecule has 84 valence electrons. The fraction of sp³-hybridized carbons (Fsp3) is 1.00. The van der Waals surface area contributed by atoms with Crippen LogP contribution in [0.15, 0.2) is 0 Å². The molecule has 5 rings (SSSR count). The normalized spacial score (nSPS) is 55.4. The predicted octanol–water partition coefficient (Wildman–Crippen LogP) is 2.70. The summed E-state index contributed by atoms with van der Waals surface area (Å²) in [5.41, 5.74) is 0. The molecule has 0 aromatic carbocycles. The van der Waals surface area contributed by atoms with Crippen molar-refractivity contribution in [2.45, 2.75) is 42.2 Å². The van der Waals surface area contributed by atoms with Gasteiger partial charge < -0.3 is 9.47 Å². The number of halogens is 1. The third kappa shape index (κ3) is 1.12. The van der Waals surface area contributed by atoms with E-state index in [2.05, 4.69) is 15.9 Å². The monoisotopic (exact) mass is 272 g/mol. The van der Waals surface area contributed by atoms with Gasteiger partial charge >= 0.3 is 0 Å². The van der Waals surface area contributed by atoms with Crippen LogP contribution in [0, 0.1) is 17.8 Å². The summed E-state index contributed by atoms with van der Waals surface area (Å²) in [6.45, 7) is 1.62. The highest BCUT2D eigenvalue weighted by atomic mass is 79.9. The summed E-state index contributed by atoms with van der Waals surface area (Å²) in [4.78, 5) is 0. The lowest BCUT2D eigenvalue weighted by Crippen LogP contribution is -2.62. The molecule has 5 fully saturated rings. The Hall–Kier alpha value is 0.400. The van der Waals surface area contributed by atoms with Crippen LogP contribution in [0.3, 0.4) is 0 Å². The first-order valence-electron chi connectivity index (χ1n) is 6.17. The fourth-order valence-electron chi connectivity index (χ4n) is 4.75. The summed E-state index contributed by atoms with van der Waals surface area (Å²) in [5, 5.41) is 0. The van der Waals surface area contributed by atoms with E-state index in [0.717, 1.165) is 19.1 Å². The van der Waals surface area contributed by atoms with Crippen molar-refractivity contribution in [3.05, 3.63) is 0 Å². The molecule has 0 N–H and O–H groups in total. The molecule has 0 radical (unpaired) electrons. The minimum Gasteiger partial charge on any atom is -0.347 e. The molecule has 15 heavy (non-hydrogen) atoms. The fourth-order valence-corrected chi connectivity index (χ4v) is 5.99. The Kier molecular flexibility index (Phi) is 1.76. The third-order valence-electron chi connectivity index (χ3n) is 4.99. The average molecular weight is 273 g/mol. The van der Waals surface area contributed by atoms with E-state index in [1.807, 2.05) is 0 Å². The van der Waals surface area contributed by atoms with Crippen LogP contribution in [0.1, 0.15) is 32.1 Å². The minimum atomic E-state index is -0.159. The van der Waals surface area contributed by atoms with Crippen LogP contribution in [0.25, 0.3) is 0 Å². The Bertz CT molecular complexity index is 280. The Labute approximate surface area is 98.8 Å². The lowest BCUT2D eigenvalue weighted by molar-refractivity contribution is -0.283. The first kappa shape index (κ1) is 9.43. The Morgan fingerprint density at radius 2 is 1.53 bits per heavy atom. The van der Waals surface area contributed by atoms with Gasteiger partial charge in [0.25, 0.3) is 0 Å². The van der Waals surface area contributed by atoms with Crippen molar-refractivity contribution in [2.24, 2.45) is 17.8 Å². The third-order valence-corrected chi connectivity index (χ3v) is 5.96. The maximum Gasteiger partial charge on any atom is 0.174 e. The molecule has 4 saturated carbocycles. The Morgan fingerprint density at radius 1 is 0.933 bits per heavy atom. The van der Waals surface area contributed by atoms with Crippen molar-refractivity contribution in [2.75, 3.05) is 13.2 Å². The molecule has 3 heteroatoms. The molecule has 0 aromatic rings. The second-order valence-corrected chi connectivity index (χ2v) is 7.60. The summed E-state index contributed by atoms with van der Waals surface area (Å²) in [5.74, 6) is 2.09. The highest BCUT2D eigenvalue weighted by molar-refractivity contribution is 9.10. The molecule has 4 aliphatic carbocycles. The van der Waals surface area contributed by atoms with Crippen molar-refractivity contribution in [1.29, 1.82) is 0 Å². The van der Waals surface area contributed by atoms with Crippen molar-refractivity contribution < 1.29 is 9.47 Å². The maximum atomic E-state index is 6.02. The van der Waals surface area contributed by atoms with Gasteiger partial charge in [0.05, 0.1) is 13.2 Å². The number of alkyl halides is 1. The van der Waals surface area contributed by atoms with E-state index >= 15 is 0 Å². The van der Waals surface area contributed by atoms with Gasteiger partial charge in [0.1, 0.15) is 0 Å². The molecule has 0 amide bonds. The lowest BCUT2D eigenvalue weighted by Gasteiger charge is -2.61. The van der Waals surface area contributed by atoms with Crippen molar-refractivity contribution in [3.8, 4) is 0 Å². The van der Waals surface area contributed by atoms with Gasteiger partial charge in [0.2, 0.25) is 0 Å². The van der Waals surface area contributed by atoms with E-state index in [0.29, 0.717) is 16.2 Å². The van der Waals surface area contributed by atoms with Gasteiger partial charge in [0.15, 0.2) is 5.79 Å². The largest absolute Gasteiger partial charge is 0.347 e. The molecule has 4 bridgehead atoms. The second-order valence-electron chi connectivity index (χ2n) is 5.91. The van der Waals surface area contributed by atoms with E-state index in [1.54, 1.807) is 0 Å². The summed E-state index contributed by atoms with van der Waals surface area (Å²) < 4.78 is 12.5. The molecule has 0 aromatic heterocycles. The zero-order valence-electron chi connectivity index (χ0n) is 8.88. The van der Waals surface area contributed by atoms with Crippen molar-refractivity contribution in [3.63, 3.8) is 0 Å². The van der Waals surface area contributed by atoms with E-state index < -0.39 is 0 Å². The number of hydrogen-bond donors (Lipinski definition) is 0. The maximum absolute atomic E-state index is 6.02. The zero-order valence-corrected chi connectivity index (χ0v) is 10.5. The number of rotatable bonds is 0. The molecule has 1 spiro atoms. The SMILES string of the molecule is BrC12CC3CC(C1)C1(OCCO1)C(C3)C2. The van der Waals surface area contributed by atoms with Gasteiger partial charge in [-0.15, -0.1) is 0 Å². The lowest BCUT2D eigenvalue weighted by atomic mass is 9.53. The van der Waals surface area contributed by atoms with Gasteiger partial charge in [0, 0.05) is 16.2 Å². The predicted molar refractivity (Wildman–Crippen MR) is 59.8 cm³/mol. The molecule has 2 nitrogen and oxygen atoms in total. The van der Waals surface area contributed by atoms with Crippen LogP contribution >= 0.6 is 15.9 Å². The van der Waals surface area contributed by atoms with Crippen LogP contribution in [0.2, 0.25) is 0 Å². The Morgan fingerprint density at radius 3 is 2.07 bits per heavy atom. The number of hydrogen-bond acceptors (Lipinski definition) is 2. The smallest absolute Gasteiger partial charge is 0.174 e. The standard InChI is InChI=1S/C12H17BrO2/c13-11-5-8-3-9(6-11)12(10(4-8)7-11)14-1-2-15-12/h8-10H,1-7H2. The van der Waals surface area contributed by atoms with Gasteiger partial charge in [-0.25, -0.2) is 0 Å². The second kappa shape index (κ2) is 2.80. The molecule has 2 atom stereocenters. The van der Waals surface area contributed by atoms with Gasteiger partial charge in [-0.3, -0.25) is 0 Å². The van der Waals surface area contributed by atoms with E-state index in [1.165, 1.54) is 32.1 Å². The highest BCUT2D eigenvalue weighted by Gasteiger charge is 2.64. The molecule has 2 unspecified atom stereocenters. The van der Waals surface area contributed by atoms with Gasteiger partial charge in [-0.1, -0.05) is 15.9 Å². The van der Waals surface area contributed by atoms with E-state index in [-0.39, 0.29) is 5.79 Å². The summed E-state index contributed by atoms with van der Waals surface area (Å²) in [7, 11) is 0. The topological polar surface area (TPSA) is 18.5 Å². The number of ether oxygens (including phenoxy) is 2. The van der Waals surface area contributed by atoms with Crippen LogP contribution < -0.4 is 0 Å². The molecular formula is C12H17BrO2. The van der Waals surface area contributed by atoms with Gasteiger partial charge in [-0.2, -0.15) is 0 Å². The van der Waals surface area contributed by atoms with E-state index in [4.69, 9.17) is 9.47 Å². The summed E-state index contributed by atoms with van der Waals surface area (Å²) in [6, 6.07) is 0.